The highest BCUT2D eigenvalue weighted by Crippen LogP contribution is 2.47. The lowest BCUT2D eigenvalue weighted by Crippen LogP contribution is -2.64. The zero-order chi connectivity index (χ0) is 22.4. The van der Waals surface area contributed by atoms with Crippen LogP contribution in [0.2, 0.25) is 0 Å². The highest BCUT2D eigenvalue weighted by atomic mass is 19.2. The molecule has 1 aromatic carbocycles. The van der Waals surface area contributed by atoms with Crippen LogP contribution in [-0.2, 0) is 0 Å². The molecule has 32 heavy (non-hydrogen) atoms. The molecular weight excluding hydrogens is 416 g/mol. The van der Waals surface area contributed by atoms with Crippen LogP contribution in [0.25, 0.3) is 5.69 Å². The maximum Gasteiger partial charge on any atom is 0.275 e. The van der Waals surface area contributed by atoms with Gasteiger partial charge in [-0.1, -0.05) is 6.92 Å². The molecule has 6 rings (SSSR count). The molecule has 1 saturated carbocycles. The molecule has 2 saturated heterocycles. The van der Waals surface area contributed by atoms with Gasteiger partial charge in [0.15, 0.2) is 17.3 Å². The molecule has 2 atom stereocenters. The number of nitrogens with zero attached hydrogens (tertiary/aromatic N) is 5. The number of piperidine rings is 2. The van der Waals surface area contributed by atoms with Crippen molar-refractivity contribution in [1.29, 1.82) is 0 Å². The predicted molar refractivity (Wildman–Crippen MR) is 111 cm³/mol. The molecule has 0 spiro atoms. The van der Waals surface area contributed by atoms with E-state index in [-0.39, 0.29) is 42.0 Å². The third-order valence-corrected chi connectivity index (χ3v) is 6.65. The zero-order valence-electron chi connectivity index (χ0n) is 17.8. The van der Waals surface area contributed by atoms with Crippen molar-refractivity contribution in [3.05, 3.63) is 65.7 Å². The molecule has 166 valence electrons. The van der Waals surface area contributed by atoms with Crippen LogP contribution in [0, 0.1) is 30.4 Å². The number of halogens is 2. The number of carbonyl (C=O) groups is 1. The molecule has 7 nitrogen and oxygen atoms in total. The number of pyridine rings is 1. The Balaban J connectivity index is 1.45. The Kier molecular flexibility index (Phi) is 5.11. The molecular formula is C23H23F2N5O2. The van der Waals surface area contributed by atoms with E-state index in [4.69, 9.17) is 4.74 Å². The van der Waals surface area contributed by atoms with E-state index in [0.29, 0.717) is 11.6 Å². The van der Waals surface area contributed by atoms with Gasteiger partial charge in [0, 0.05) is 17.8 Å². The minimum atomic E-state index is -0.963. The molecule has 2 unspecified atom stereocenters. The fourth-order valence-corrected chi connectivity index (χ4v) is 4.75. The van der Waals surface area contributed by atoms with Crippen LogP contribution in [0.15, 0.2) is 42.7 Å². The monoisotopic (exact) mass is 439 g/mol. The van der Waals surface area contributed by atoms with E-state index in [9.17, 15) is 13.6 Å². The van der Waals surface area contributed by atoms with E-state index in [1.807, 2.05) is 17.9 Å². The highest BCUT2D eigenvalue weighted by Gasteiger charge is 2.51. The van der Waals surface area contributed by atoms with Crippen LogP contribution < -0.4 is 4.74 Å². The molecule has 0 N–H and O–H groups in total. The Morgan fingerprint density at radius 2 is 1.88 bits per heavy atom. The fourth-order valence-electron chi connectivity index (χ4n) is 4.75. The van der Waals surface area contributed by atoms with Crippen LogP contribution >= 0.6 is 0 Å². The lowest BCUT2D eigenvalue weighted by atomic mass is 9.64. The van der Waals surface area contributed by atoms with Crippen LogP contribution in [0.5, 0.6) is 5.75 Å². The quantitative estimate of drug-likeness (QED) is 0.608. The number of hydrogen-bond donors (Lipinski definition) is 0. The van der Waals surface area contributed by atoms with Gasteiger partial charge < -0.3 is 9.64 Å². The van der Waals surface area contributed by atoms with Gasteiger partial charge in [-0.3, -0.25) is 4.79 Å². The summed E-state index contributed by atoms with van der Waals surface area (Å²) in [5.74, 6) is -1.14. The van der Waals surface area contributed by atoms with Crippen molar-refractivity contribution in [3.8, 4) is 11.4 Å². The zero-order valence-corrected chi connectivity index (χ0v) is 17.8. The average molecular weight is 439 g/mol. The lowest BCUT2D eigenvalue weighted by Gasteiger charge is -2.57. The van der Waals surface area contributed by atoms with E-state index in [1.165, 1.54) is 10.9 Å². The van der Waals surface area contributed by atoms with E-state index in [0.717, 1.165) is 30.7 Å². The predicted octanol–water partition coefficient (Wildman–Crippen LogP) is 3.57. The van der Waals surface area contributed by atoms with Crippen LogP contribution in [0.4, 0.5) is 8.78 Å². The first kappa shape index (κ1) is 20.5. The van der Waals surface area contributed by atoms with Gasteiger partial charge in [-0.15, -0.1) is 4.80 Å². The van der Waals surface area contributed by atoms with Gasteiger partial charge in [0.2, 0.25) is 0 Å². The highest BCUT2D eigenvalue weighted by molar-refractivity contribution is 5.96. The average Bonchev–Trinajstić information content (AvgIpc) is 3.28. The Hall–Kier alpha value is -3.36. The van der Waals surface area contributed by atoms with Crippen molar-refractivity contribution in [3.63, 3.8) is 0 Å². The second-order valence-corrected chi connectivity index (χ2v) is 8.55. The largest absolute Gasteiger partial charge is 0.491 e. The summed E-state index contributed by atoms with van der Waals surface area (Å²) >= 11 is 0. The SMILES string of the molecule is Cc1ccc(-n2nccn2)c(C(=O)N2C3CC(C3)C(C)C2COc2ccc(F)c(F)c2)n1. The third kappa shape index (κ3) is 3.51. The normalized spacial score (nSPS) is 24.2. The Bertz CT molecular complexity index is 1150. The van der Waals surface area contributed by atoms with E-state index >= 15 is 0 Å². The molecule has 9 heteroatoms. The maximum absolute atomic E-state index is 13.8. The molecule has 4 heterocycles. The first-order valence-electron chi connectivity index (χ1n) is 10.7. The van der Waals surface area contributed by atoms with Gasteiger partial charge in [0.05, 0.1) is 18.4 Å². The minimum Gasteiger partial charge on any atom is -0.491 e. The fraction of sp³-hybridized carbons (Fsp3) is 0.391. The van der Waals surface area contributed by atoms with Crippen molar-refractivity contribution in [2.75, 3.05) is 6.61 Å². The topological polar surface area (TPSA) is 73.1 Å². The van der Waals surface area contributed by atoms with E-state index < -0.39 is 11.6 Å². The molecule has 2 aliphatic heterocycles. The summed E-state index contributed by atoms with van der Waals surface area (Å²) in [4.78, 5) is 21.6. The van der Waals surface area contributed by atoms with Gasteiger partial charge in [-0.25, -0.2) is 13.8 Å². The standard InChI is InChI=1S/C23H23F2N5O2/c1-13-3-6-20(30-26-7-8-27-30)22(28-13)23(31)29-16-9-15(10-16)14(2)21(29)12-32-17-4-5-18(24)19(25)11-17/h3-8,11,14-16,21H,9-10,12H2,1-2H3. The molecule has 3 aromatic rings. The maximum atomic E-state index is 13.8. The van der Waals surface area contributed by atoms with Crippen LogP contribution in [0.1, 0.15) is 35.9 Å². The molecule has 2 aromatic heterocycles. The Morgan fingerprint density at radius 1 is 1.12 bits per heavy atom. The van der Waals surface area contributed by atoms with Crippen molar-refractivity contribution in [1.82, 2.24) is 24.9 Å². The summed E-state index contributed by atoms with van der Waals surface area (Å²) in [6.45, 7) is 4.13. The number of carbonyl (C=O) groups excluding carboxylic acids is 1. The molecule has 3 aliphatic rings. The number of benzene rings is 1. The van der Waals surface area contributed by atoms with Crippen molar-refractivity contribution in [2.45, 2.75) is 38.8 Å². The number of fused-ring (bicyclic) bond motifs is 2. The molecule has 2 bridgehead atoms. The number of aryl methyl sites for hydroxylation is 1. The lowest BCUT2D eigenvalue weighted by molar-refractivity contribution is -0.0673. The van der Waals surface area contributed by atoms with E-state index in [2.05, 4.69) is 22.1 Å². The molecule has 1 aliphatic carbocycles. The number of ether oxygens (including phenoxy) is 1. The van der Waals surface area contributed by atoms with Gasteiger partial charge >= 0.3 is 0 Å². The van der Waals surface area contributed by atoms with Crippen LogP contribution in [-0.4, -0.2) is 49.5 Å². The van der Waals surface area contributed by atoms with E-state index in [1.54, 1.807) is 18.5 Å². The minimum absolute atomic E-state index is 0.1000. The van der Waals surface area contributed by atoms with Crippen molar-refractivity contribution < 1.29 is 18.3 Å². The molecule has 1 amide bonds. The van der Waals surface area contributed by atoms with Gasteiger partial charge in [-0.2, -0.15) is 10.2 Å². The first-order chi connectivity index (χ1) is 15.4. The Morgan fingerprint density at radius 3 is 2.59 bits per heavy atom. The summed E-state index contributed by atoms with van der Waals surface area (Å²) in [7, 11) is 0. The van der Waals surface area contributed by atoms with Crippen molar-refractivity contribution >= 4 is 5.91 Å². The van der Waals surface area contributed by atoms with Gasteiger partial charge in [-0.05, 0) is 55.9 Å². The number of rotatable bonds is 5. The number of hydrogen-bond acceptors (Lipinski definition) is 5. The number of amides is 1. The summed E-state index contributed by atoms with van der Waals surface area (Å²) in [6, 6.07) is 6.95. The second kappa shape index (κ2) is 7.96. The van der Waals surface area contributed by atoms with Crippen LogP contribution in [0.3, 0.4) is 0 Å². The summed E-state index contributed by atoms with van der Waals surface area (Å²) in [5, 5.41) is 8.33. The summed E-state index contributed by atoms with van der Waals surface area (Å²) < 4.78 is 32.7. The smallest absolute Gasteiger partial charge is 0.275 e. The second-order valence-electron chi connectivity index (χ2n) is 8.55. The van der Waals surface area contributed by atoms with Crippen molar-refractivity contribution in [2.24, 2.45) is 11.8 Å². The van der Waals surface area contributed by atoms with Gasteiger partial charge in [0.25, 0.3) is 5.91 Å². The first-order valence-corrected chi connectivity index (χ1v) is 10.7. The summed E-state index contributed by atoms with van der Waals surface area (Å²) in [5.41, 5.74) is 1.52. The third-order valence-electron chi connectivity index (χ3n) is 6.65. The number of aromatic nitrogens is 4. The van der Waals surface area contributed by atoms with Gasteiger partial charge in [0.1, 0.15) is 18.0 Å². The molecule has 3 fully saturated rings. The Labute approximate surface area is 184 Å². The summed E-state index contributed by atoms with van der Waals surface area (Å²) in [6.07, 6.45) is 4.98. The molecule has 0 radical (unpaired) electrons.